The Morgan fingerprint density at radius 3 is 2.40 bits per heavy atom. The second kappa shape index (κ2) is 6.04. The van der Waals surface area contributed by atoms with E-state index in [0.717, 1.165) is 0 Å². The minimum atomic E-state index is -1.16. The standard InChI is InChI=1S/C10H16N2O3/c1-4-5-7(10(14)15)12-9(13)8(11)6(2)3/h1,6-8H,5,11H2,2-3H3,(H,12,13)(H,14,15). The topological polar surface area (TPSA) is 92.4 Å². The average molecular weight is 212 g/mol. The van der Waals surface area contributed by atoms with E-state index < -0.39 is 24.0 Å². The van der Waals surface area contributed by atoms with Crippen molar-refractivity contribution in [1.82, 2.24) is 5.32 Å². The minimum Gasteiger partial charge on any atom is -0.480 e. The summed E-state index contributed by atoms with van der Waals surface area (Å²) in [6, 6.07) is -1.78. The van der Waals surface area contributed by atoms with Crippen LogP contribution in [0.3, 0.4) is 0 Å². The summed E-state index contributed by atoms with van der Waals surface area (Å²) in [7, 11) is 0. The largest absolute Gasteiger partial charge is 0.480 e. The number of rotatable bonds is 5. The number of aliphatic carboxylic acids is 1. The SMILES string of the molecule is C#CCC(NC(=O)C(N)C(C)C)C(=O)O. The molecule has 0 rings (SSSR count). The highest BCUT2D eigenvalue weighted by atomic mass is 16.4. The highest BCUT2D eigenvalue weighted by Gasteiger charge is 2.23. The average Bonchev–Trinajstić information content (AvgIpc) is 2.15. The van der Waals surface area contributed by atoms with Crippen molar-refractivity contribution in [2.45, 2.75) is 32.4 Å². The van der Waals surface area contributed by atoms with Crippen LogP contribution >= 0.6 is 0 Å². The molecule has 0 radical (unpaired) electrons. The van der Waals surface area contributed by atoms with Crippen LogP contribution in [0, 0.1) is 18.3 Å². The van der Waals surface area contributed by atoms with Gasteiger partial charge in [-0.05, 0) is 5.92 Å². The van der Waals surface area contributed by atoms with E-state index in [1.807, 2.05) is 0 Å². The zero-order valence-corrected chi connectivity index (χ0v) is 8.86. The Balaban J connectivity index is 4.36. The highest BCUT2D eigenvalue weighted by molar-refractivity contribution is 5.87. The van der Waals surface area contributed by atoms with Crippen molar-refractivity contribution in [3.8, 4) is 12.3 Å². The molecule has 1 amide bonds. The third-order valence-electron chi connectivity index (χ3n) is 1.96. The summed E-state index contributed by atoms with van der Waals surface area (Å²) in [5, 5.41) is 11.0. The lowest BCUT2D eigenvalue weighted by Crippen LogP contribution is -2.50. The van der Waals surface area contributed by atoms with Crippen molar-refractivity contribution in [3.05, 3.63) is 0 Å². The zero-order chi connectivity index (χ0) is 12.0. The number of nitrogens with one attached hydrogen (secondary N) is 1. The number of hydrogen-bond acceptors (Lipinski definition) is 3. The van der Waals surface area contributed by atoms with Gasteiger partial charge in [-0.2, -0.15) is 0 Å². The van der Waals surface area contributed by atoms with Gasteiger partial charge in [-0.15, -0.1) is 12.3 Å². The number of nitrogens with two attached hydrogens (primary N) is 1. The smallest absolute Gasteiger partial charge is 0.327 e. The summed E-state index contributed by atoms with van der Waals surface area (Å²) >= 11 is 0. The van der Waals surface area contributed by atoms with Crippen LogP contribution in [-0.2, 0) is 9.59 Å². The van der Waals surface area contributed by atoms with Crippen molar-refractivity contribution in [2.75, 3.05) is 0 Å². The Bertz CT molecular complexity index is 281. The van der Waals surface area contributed by atoms with Gasteiger partial charge in [-0.25, -0.2) is 4.79 Å². The number of carboxylic acid groups (broad SMARTS) is 1. The number of hydrogen-bond donors (Lipinski definition) is 3. The lowest BCUT2D eigenvalue weighted by atomic mass is 10.0. The molecule has 2 atom stereocenters. The number of carboxylic acids is 1. The summed E-state index contributed by atoms with van der Waals surface area (Å²) in [4.78, 5) is 22.1. The van der Waals surface area contributed by atoms with Crippen LogP contribution in [0.25, 0.3) is 0 Å². The third kappa shape index (κ3) is 4.47. The van der Waals surface area contributed by atoms with Gasteiger partial charge in [0.2, 0.25) is 5.91 Å². The molecule has 5 heteroatoms. The van der Waals surface area contributed by atoms with Crippen molar-refractivity contribution in [2.24, 2.45) is 11.7 Å². The van der Waals surface area contributed by atoms with Gasteiger partial charge < -0.3 is 16.2 Å². The van der Waals surface area contributed by atoms with Gasteiger partial charge in [0, 0.05) is 6.42 Å². The molecule has 0 heterocycles. The number of amides is 1. The predicted octanol–water partition coefficient (Wildman–Crippen LogP) is -0.438. The summed E-state index contributed by atoms with van der Waals surface area (Å²) in [6.45, 7) is 3.56. The summed E-state index contributed by atoms with van der Waals surface area (Å²) in [5.41, 5.74) is 5.55. The molecule has 0 saturated carbocycles. The number of terminal acetylenes is 1. The molecule has 0 fully saturated rings. The molecule has 0 aromatic carbocycles. The van der Waals surface area contributed by atoms with Crippen LogP contribution in [0.5, 0.6) is 0 Å². The van der Waals surface area contributed by atoms with Crippen molar-refractivity contribution in [1.29, 1.82) is 0 Å². The molecule has 0 saturated heterocycles. The van der Waals surface area contributed by atoms with Gasteiger partial charge in [0.05, 0.1) is 6.04 Å². The summed E-state index contributed by atoms with van der Waals surface area (Å²) in [5.74, 6) is 0.487. The van der Waals surface area contributed by atoms with Crippen molar-refractivity contribution >= 4 is 11.9 Å². The van der Waals surface area contributed by atoms with Gasteiger partial charge >= 0.3 is 5.97 Å². The predicted molar refractivity (Wildman–Crippen MR) is 55.8 cm³/mol. The number of carbonyl (C=O) groups is 2. The van der Waals surface area contributed by atoms with Gasteiger partial charge in [0.25, 0.3) is 0 Å². The van der Waals surface area contributed by atoms with E-state index in [2.05, 4.69) is 11.2 Å². The molecular weight excluding hydrogens is 196 g/mol. The van der Waals surface area contributed by atoms with Crippen LogP contribution in [0.4, 0.5) is 0 Å². The molecule has 0 aromatic rings. The maximum atomic E-state index is 11.4. The molecule has 0 aliphatic rings. The molecule has 0 aliphatic carbocycles. The van der Waals surface area contributed by atoms with E-state index in [1.54, 1.807) is 13.8 Å². The van der Waals surface area contributed by atoms with Crippen LogP contribution in [0.2, 0.25) is 0 Å². The monoisotopic (exact) mass is 212 g/mol. The van der Waals surface area contributed by atoms with Crippen LogP contribution in [0.1, 0.15) is 20.3 Å². The molecule has 84 valence electrons. The lowest BCUT2D eigenvalue weighted by molar-refractivity contribution is -0.142. The van der Waals surface area contributed by atoms with Gasteiger partial charge in [-0.1, -0.05) is 13.8 Å². The third-order valence-corrected chi connectivity index (χ3v) is 1.96. The Morgan fingerprint density at radius 2 is 2.07 bits per heavy atom. The van der Waals surface area contributed by atoms with E-state index in [1.165, 1.54) is 0 Å². The molecule has 4 N–H and O–H groups in total. The fraction of sp³-hybridized carbons (Fsp3) is 0.600. The van der Waals surface area contributed by atoms with Gasteiger partial charge in [-0.3, -0.25) is 4.79 Å². The second-order valence-electron chi connectivity index (χ2n) is 3.58. The zero-order valence-electron chi connectivity index (χ0n) is 8.86. The molecule has 0 aliphatic heterocycles. The Labute approximate surface area is 89.0 Å². The molecule has 15 heavy (non-hydrogen) atoms. The summed E-state index contributed by atoms with van der Waals surface area (Å²) in [6.07, 6.45) is 4.93. The number of carbonyl (C=O) groups excluding carboxylic acids is 1. The quantitative estimate of drug-likeness (QED) is 0.539. The van der Waals surface area contributed by atoms with Crippen LogP contribution in [0.15, 0.2) is 0 Å². The Kier molecular flexibility index (Phi) is 5.42. The molecule has 0 aromatic heterocycles. The van der Waals surface area contributed by atoms with Crippen LogP contribution < -0.4 is 11.1 Å². The van der Waals surface area contributed by atoms with E-state index >= 15 is 0 Å². The molecule has 0 bridgehead atoms. The molecule has 0 spiro atoms. The van der Waals surface area contributed by atoms with E-state index in [9.17, 15) is 9.59 Å². The highest BCUT2D eigenvalue weighted by Crippen LogP contribution is 1.99. The molecule has 5 nitrogen and oxygen atoms in total. The molecular formula is C10H16N2O3. The first-order valence-electron chi connectivity index (χ1n) is 4.62. The maximum Gasteiger partial charge on any atom is 0.327 e. The second-order valence-corrected chi connectivity index (χ2v) is 3.58. The maximum absolute atomic E-state index is 11.4. The van der Waals surface area contributed by atoms with Crippen LogP contribution in [-0.4, -0.2) is 29.1 Å². The minimum absolute atomic E-state index is 0.0497. The first-order chi connectivity index (χ1) is 6.90. The van der Waals surface area contributed by atoms with E-state index in [-0.39, 0.29) is 12.3 Å². The normalized spacial score (nSPS) is 14.1. The fourth-order valence-electron chi connectivity index (χ4n) is 0.889. The lowest BCUT2D eigenvalue weighted by Gasteiger charge is -2.18. The fourth-order valence-corrected chi connectivity index (χ4v) is 0.889. The summed E-state index contributed by atoms with van der Waals surface area (Å²) < 4.78 is 0. The Morgan fingerprint density at radius 1 is 1.53 bits per heavy atom. The molecule has 2 unspecified atom stereocenters. The van der Waals surface area contributed by atoms with E-state index in [0.29, 0.717) is 0 Å². The first kappa shape index (κ1) is 13.5. The van der Waals surface area contributed by atoms with Gasteiger partial charge in [0.15, 0.2) is 0 Å². The van der Waals surface area contributed by atoms with Crippen molar-refractivity contribution in [3.63, 3.8) is 0 Å². The Hall–Kier alpha value is -1.54. The first-order valence-corrected chi connectivity index (χ1v) is 4.62. The van der Waals surface area contributed by atoms with E-state index in [4.69, 9.17) is 17.3 Å². The van der Waals surface area contributed by atoms with Crippen molar-refractivity contribution < 1.29 is 14.7 Å². The van der Waals surface area contributed by atoms with Gasteiger partial charge in [0.1, 0.15) is 6.04 Å².